The Morgan fingerprint density at radius 3 is 2.70 bits per heavy atom. The first-order valence-electron chi connectivity index (χ1n) is 10.2. The third-order valence-electron chi connectivity index (χ3n) is 5.73. The van der Waals surface area contributed by atoms with E-state index in [-0.39, 0.29) is 24.8 Å². The summed E-state index contributed by atoms with van der Waals surface area (Å²) in [6.45, 7) is 2.29. The van der Waals surface area contributed by atoms with Gasteiger partial charge in [0.2, 0.25) is 0 Å². The van der Waals surface area contributed by atoms with E-state index in [0.29, 0.717) is 3.63 Å². The second-order valence-electron chi connectivity index (χ2n) is 7.62. The molecule has 152 valence electrons. The molecule has 0 aliphatic heterocycles. The van der Waals surface area contributed by atoms with E-state index in [4.69, 9.17) is 5.10 Å². The van der Waals surface area contributed by atoms with E-state index in [1.165, 1.54) is 47.9 Å². The quantitative estimate of drug-likeness (QED) is 0.471. The van der Waals surface area contributed by atoms with Gasteiger partial charge in [0.25, 0.3) is 0 Å². The van der Waals surface area contributed by atoms with Crippen LogP contribution in [-0.2, 0) is 23.2 Å². The summed E-state index contributed by atoms with van der Waals surface area (Å²) in [7, 11) is 0. The Hall–Kier alpha value is -1.41. The Balaban J connectivity index is 0.00000128. The number of allylic oxidation sites excluding steroid dienone is 5. The van der Waals surface area contributed by atoms with Crippen molar-refractivity contribution in [3.05, 3.63) is 86.9 Å². The van der Waals surface area contributed by atoms with Gasteiger partial charge >= 0.3 is 179 Å². The number of benzene rings is 2. The largest absolute Gasteiger partial charge is 1.00 e. The molecule has 1 unspecified atom stereocenters. The fourth-order valence-electron chi connectivity index (χ4n) is 4.23. The second kappa shape index (κ2) is 10.3. The van der Waals surface area contributed by atoms with Gasteiger partial charge in [0.1, 0.15) is 0 Å². The van der Waals surface area contributed by atoms with Crippen LogP contribution in [0.15, 0.2) is 75.7 Å². The van der Waals surface area contributed by atoms with E-state index in [2.05, 4.69) is 84.6 Å². The maximum absolute atomic E-state index is 4.92. The minimum absolute atomic E-state index is 0. The summed E-state index contributed by atoms with van der Waals surface area (Å²) in [5, 5.41) is 6.13. The summed E-state index contributed by atoms with van der Waals surface area (Å²) >= 11 is -0.806. The predicted octanol–water partition coefficient (Wildman–Crippen LogP) is 0.584. The topological polar surface area (TPSA) is 17.8 Å². The molecule has 0 saturated heterocycles. The Labute approximate surface area is 202 Å². The van der Waals surface area contributed by atoms with Crippen LogP contribution in [0.1, 0.15) is 47.4 Å². The van der Waals surface area contributed by atoms with Crippen molar-refractivity contribution in [2.75, 3.05) is 0 Å². The van der Waals surface area contributed by atoms with Crippen LogP contribution in [-0.4, -0.2) is 9.78 Å². The monoisotopic (exact) mass is 512 g/mol. The maximum Gasteiger partial charge on any atom is -1.00 e. The van der Waals surface area contributed by atoms with E-state index in [9.17, 15) is 0 Å². The minimum Gasteiger partial charge on any atom is -1.00 e. The summed E-state index contributed by atoms with van der Waals surface area (Å²) < 4.78 is 4.48. The summed E-state index contributed by atoms with van der Waals surface area (Å²) in [6, 6.07) is 17.4. The van der Waals surface area contributed by atoms with Crippen LogP contribution in [0.25, 0.3) is 22.7 Å². The molecule has 5 rings (SSSR count). The average Bonchev–Trinajstić information content (AvgIpc) is 3.43. The Kier molecular flexibility index (Phi) is 7.96. The van der Waals surface area contributed by atoms with Crippen molar-refractivity contribution in [1.29, 1.82) is 0 Å². The van der Waals surface area contributed by atoms with Crippen molar-refractivity contribution in [3.63, 3.8) is 0 Å². The number of halogens is 2. The van der Waals surface area contributed by atoms with Gasteiger partial charge in [0, 0.05) is 0 Å². The van der Waals surface area contributed by atoms with Crippen LogP contribution in [0.2, 0.25) is 0 Å². The Bertz CT molecular complexity index is 1090. The van der Waals surface area contributed by atoms with Gasteiger partial charge < -0.3 is 24.8 Å². The van der Waals surface area contributed by atoms with Crippen molar-refractivity contribution in [2.45, 2.75) is 36.2 Å². The van der Waals surface area contributed by atoms with Crippen LogP contribution in [0.3, 0.4) is 0 Å². The molecule has 2 nitrogen and oxygen atoms in total. The number of hydrogen-bond acceptors (Lipinski definition) is 1. The van der Waals surface area contributed by atoms with Crippen LogP contribution in [0.4, 0.5) is 0 Å². The van der Waals surface area contributed by atoms with Gasteiger partial charge in [-0.25, -0.2) is 0 Å². The van der Waals surface area contributed by atoms with Gasteiger partial charge in [0.15, 0.2) is 0 Å². The molecule has 1 aromatic heterocycles. The van der Waals surface area contributed by atoms with Gasteiger partial charge in [-0.15, -0.1) is 0 Å². The van der Waals surface area contributed by atoms with E-state index < -0.39 is 23.2 Å². The van der Waals surface area contributed by atoms with Gasteiger partial charge in [-0.1, -0.05) is 0 Å². The van der Waals surface area contributed by atoms with Crippen molar-refractivity contribution < 1.29 is 48.0 Å². The molecule has 2 aliphatic rings. The van der Waals surface area contributed by atoms with Crippen LogP contribution in [0, 0.1) is 0 Å². The molecule has 0 amide bonds. The summed E-state index contributed by atoms with van der Waals surface area (Å²) in [5.74, 6) is 0. The van der Waals surface area contributed by atoms with Gasteiger partial charge in [-0.3, -0.25) is 0 Å². The molecular formula is C25H24Cl2N2Zr. The molecule has 0 saturated carbocycles. The number of hydrogen-bond donors (Lipinski definition) is 0. The predicted molar refractivity (Wildman–Crippen MR) is 113 cm³/mol. The molecule has 5 heteroatoms. The molecule has 0 radical (unpaired) electrons. The molecule has 2 aromatic carbocycles. The number of fused-ring (bicyclic) bond motifs is 2. The van der Waals surface area contributed by atoms with E-state index in [1.807, 2.05) is 0 Å². The van der Waals surface area contributed by atoms with E-state index in [1.54, 1.807) is 8.85 Å². The molecule has 3 aromatic rings. The second-order valence-corrected chi connectivity index (χ2v) is 11.2. The van der Waals surface area contributed by atoms with Gasteiger partial charge in [0.05, 0.1) is 0 Å². The molecule has 0 fully saturated rings. The molecule has 0 bridgehead atoms. The normalized spacial score (nSPS) is 16.7. The SMILES string of the molecule is CCCCC1=[C]([Zr+2][CH]2C(n3cc4ccccc4n3)=Cc3ccccc32)CC=C1.[Cl-].[Cl-]. The van der Waals surface area contributed by atoms with E-state index in [0.717, 1.165) is 5.52 Å². The first-order valence-corrected chi connectivity index (χ1v) is 12.9. The first kappa shape index (κ1) is 23.3. The molecule has 1 heterocycles. The molecule has 30 heavy (non-hydrogen) atoms. The standard InChI is InChI=1S/C16H11N2.C9H13.2ClH.Zr/c1-2-6-13-10-15(9-12(13)5-1)18-11-14-7-3-4-8-16(14)17-18;1-2-3-6-9-7-4-5-8-9;;;/h1-11H;4,7H,2-3,5-6H2,1H3;2*1H;/q;;;;+2/p-2. The van der Waals surface area contributed by atoms with Crippen molar-refractivity contribution in [2.24, 2.45) is 0 Å². The number of aromatic nitrogens is 2. The average molecular weight is 515 g/mol. The zero-order chi connectivity index (χ0) is 18.9. The molecule has 1 atom stereocenters. The Morgan fingerprint density at radius 2 is 1.87 bits per heavy atom. The zero-order valence-corrected chi connectivity index (χ0v) is 21.0. The Morgan fingerprint density at radius 1 is 1.07 bits per heavy atom. The van der Waals surface area contributed by atoms with Crippen LogP contribution in [0.5, 0.6) is 0 Å². The first-order chi connectivity index (χ1) is 13.8. The minimum atomic E-state index is -0.806. The van der Waals surface area contributed by atoms with Gasteiger partial charge in [-0.2, -0.15) is 0 Å². The van der Waals surface area contributed by atoms with Crippen molar-refractivity contribution in [3.8, 4) is 0 Å². The molecule has 0 N–H and O–H groups in total. The summed E-state index contributed by atoms with van der Waals surface area (Å²) in [6.07, 6.45) is 14.4. The van der Waals surface area contributed by atoms with E-state index >= 15 is 0 Å². The molecular weight excluding hydrogens is 490 g/mol. The van der Waals surface area contributed by atoms with Crippen molar-refractivity contribution >= 4 is 22.7 Å². The van der Waals surface area contributed by atoms with Crippen molar-refractivity contribution in [1.82, 2.24) is 9.78 Å². The zero-order valence-electron chi connectivity index (χ0n) is 17.0. The van der Waals surface area contributed by atoms with Crippen LogP contribution < -0.4 is 24.8 Å². The maximum atomic E-state index is 4.92. The fourth-order valence-corrected chi connectivity index (χ4v) is 8.56. The third-order valence-corrected chi connectivity index (χ3v) is 10.1. The number of rotatable bonds is 6. The summed E-state index contributed by atoms with van der Waals surface area (Å²) in [5.41, 5.74) is 6.98. The summed E-state index contributed by atoms with van der Waals surface area (Å²) in [4.78, 5) is 0. The fraction of sp³-hybridized carbons (Fsp3) is 0.240. The number of unbranched alkanes of at least 4 members (excludes halogenated alkanes) is 1. The molecule has 0 spiro atoms. The number of nitrogens with zero attached hydrogens (tertiary/aromatic N) is 2. The third kappa shape index (κ3) is 4.45. The van der Waals surface area contributed by atoms with Gasteiger partial charge in [-0.05, 0) is 0 Å². The van der Waals surface area contributed by atoms with Crippen LogP contribution >= 0.6 is 0 Å². The smallest absolute Gasteiger partial charge is 1.00 e. The molecule has 2 aliphatic carbocycles.